The lowest BCUT2D eigenvalue weighted by Crippen LogP contribution is -2.17. The van der Waals surface area contributed by atoms with Crippen LogP contribution in [-0.2, 0) is 10.0 Å². The standard InChI is InChI=1S/C16H16N2O5S/c1-9-6-12(16(20)21)8-14(10(9)2)24(22,23)18-13-5-3-4-11(7-13)15(17)19/h3-8,18H,1-2H3,(H2,17,19)(H,20,21). The van der Waals surface area contributed by atoms with E-state index in [-0.39, 0.29) is 21.7 Å². The van der Waals surface area contributed by atoms with Crippen LogP contribution in [0, 0.1) is 13.8 Å². The molecular weight excluding hydrogens is 332 g/mol. The molecule has 0 fully saturated rings. The van der Waals surface area contributed by atoms with E-state index in [1.165, 1.54) is 30.3 Å². The van der Waals surface area contributed by atoms with Crippen LogP contribution in [0.5, 0.6) is 0 Å². The second kappa shape index (κ2) is 6.32. The molecule has 2 aromatic rings. The number of carboxylic acid groups (broad SMARTS) is 1. The minimum atomic E-state index is -4.03. The van der Waals surface area contributed by atoms with Crippen molar-refractivity contribution in [3.8, 4) is 0 Å². The van der Waals surface area contributed by atoms with Crippen molar-refractivity contribution in [2.45, 2.75) is 18.7 Å². The summed E-state index contributed by atoms with van der Waals surface area (Å²) in [6, 6.07) is 8.23. The number of anilines is 1. The summed E-state index contributed by atoms with van der Waals surface area (Å²) in [7, 11) is -4.03. The molecule has 0 bridgehead atoms. The second-order valence-corrected chi connectivity index (χ2v) is 6.92. The van der Waals surface area contributed by atoms with Crippen LogP contribution in [0.1, 0.15) is 31.8 Å². The molecule has 0 saturated heterocycles. The Kier molecular flexibility index (Phi) is 4.61. The third kappa shape index (κ3) is 3.54. The largest absolute Gasteiger partial charge is 0.478 e. The van der Waals surface area contributed by atoms with Gasteiger partial charge in [0.15, 0.2) is 0 Å². The summed E-state index contributed by atoms with van der Waals surface area (Å²) in [4.78, 5) is 22.2. The number of amides is 1. The number of rotatable bonds is 5. The Bertz CT molecular complexity index is 935. The zero-order valence-corrected chi connectivity index (χ0v) is 13.8. The van der Waals surface area contributed by atoms with E-state index >= 15 is 0 Å². The number of sulfonamides is 1. The molecular formula is C16H16N2O5S. The van der Waals surface area contributed by atoms with Gasteiger partial charge in [-0.1, -0.05) is 6.07 Å². The number of primary amides is 1. The van der Waals surface area contributed by atoms with Crippen molar-refractivity contribution >= 4 is 27.6 Å². The van der Waals surface area contributed by atoms with Crippen LogP contribution in [0.4, 0.5) is 5.69 Å². The van der Waals surface area contributed by atoms with Crippen molar-refractivity contribution in [3.05, 3.63) is 58.7 Å². The van der Waals surface area contributed by atoms with Crippen molar-refractivity contribution in [1.29, 1.82) is 0 Å². The number of benzene rings is 2. The van der Waals surface area contributed by atoms with Crippen molar-refractivity contribution in [1.82, 2.24) is 0 Å². The van der Waals surface area contributed by atoms with E-state index in [0.29, 0.717) is 11.1 Å². The molecule has 0 aliphatic rings. The molecule has 1 amide bonds. The van der Waals surface area contributed by atoms with Gasteiger partial charge in [0.05, 0.1) is 10.5 Å². The summed E-state index contributed by atoms with van der Waals surface area (Å²) in [5.74, 6) is -1.90. The van der Waals surface area contributed by atoms with Crippen LogP contribution in [0.2, 0.25) is 0 Å². The van der Waals surface area contributed by atoms with Gasteiger partial charge in [0.2, 0.25) is 5.91 Å². The first-order valence-electron chi connectivity index (χ1n) is 6.89. The first-order chi connectivity index (χ1) is 11.1. The number of aromatic carboxylic acids is 1. The van der Waals surface area contributed by atoms with Gasteiger partial charge in [-0.2, -0.15) is 0 Å². The number of hydrogen-bond acceptors (Lipinski definition) is 4. The molecule has 2 rings (SSSR count). The Hall–Kier alpha value is -2.87. The van der Waals surface area contributed by atoms with Crippen molar-refractivity contribution < 1.29 is 23.1 Å². The Labute approximate surface area is 139 Å². The molecule has 0 aliphatic carbocycles. The molecule has 0 radical (unpaired) electrons. The van der Waals surface area contributed by atoms with Crippen LogP contribution in [0.15, 0.2) is 41.3 Å². The van der Waals surface area contributed by atoms with Crippen LogP contribution in [0.3, 0.4) is 0 Å². The van der Waals surface area contributed by atoms with Crippen molar-refractivity contribution in [3.63, 3.8) is 0 Å². The molecule has 0 atom stereocenters. The summed E-state index contributed by atoms with van der Waals surface area (Å²) in [6.07, 6.45) is 0. The minimum Gasteiger partial charge on any atom is -0.478 e. The van der Waals surface area contributed by atoms with Gasteiger partial charge in [-0.3, -0.25) is 9.52 Å². The van der Waals surface area contributed by atoms with E-state index in [2.05, 4.69) is 4.72 Å². The summed E-state index contributed by atoms with van der Waals surface area (Å²) >= 11 is 0. The molecule has 0 heterocycles. The second-order valence-electron chi connectivity index (χ2n) is 5.27. The van der Waals surface area contributed by atoms with Gasteiger partial charge in [0.25, 0.3) is 10.0 Å². The van der Waals surface area contributed by atoms with Gasteiger partial charge < -0.3 is 10.8 Å². The molecule has 7 nitrogen and oxygen atoms in total. The highest BCUT2D eigenvalue weighted by Gasteiger charge is 2.21. The monoisotopic (exact) mass is 348 g/mol. The highest BCUT2D eigenvalue weighted by molar-refractivity contribution is 7.92. The molecule has 0 unspecified atom stereocenters. The molecule has 0 spiro atoms. The predicted molar refractivity (Wildman–Crippen MR) is 88.6 cm³/mol. The zero-order valence-electron chi connectivity index (χ0n) is 13.0. The topological polar surface area (TPSA) is 127 Å². The average Bonchev–Trinajstić information content (AvgIpc) is 2.49. The number of carboxylic acids is 1. The van der Waals surface area contributed by atoms with E-state index in [1.54, 1.807) is 13.8 Å². The van der Waals surface area contributed by atoms with E-state index in [0.717, 1.165) is 6.07 Å². The first kappa shape index (κ1) is 17.5. The fraction of sp³-hybridized carbons (Fsp3) is 0.125. The van der Waals surface area contributed by atoms with Gasteiger partial charge in [0, 0.05) is 11.3 Å². The van der Waals surface area contributed by atoms with Crippen LogP contribution in [-0.4, -0.2) is 25.4 Å². The highest BCUT2D eigenvalue weighted by Crippen LogP contribution is 2.24. The smallest absolute Gasteiger partial charge is 0.335 e. The Morgan fingerprint density at radius 1 is 1.08 bits per heavy atom. The lowest BCUT2D eigenvalue weighted by atomic mass is 10.1. The fourth-order valence-corrected chi connectivity index (χ4v) is 3.57. The number of carbonyl (C=O) groups is 2. The predicted octanol–water partition coefficient (Wildman–Crippen LogP) is 1.90. The van der Waals surface area contributed by atoms with Gasteiger partial charge in [-0.05, 0) is 55.3 Å². The maximum atomic E-state index is 12.6. The quantitative estimate of drug-likeness (QED) is 0.760. The van der Waals surface area contributed by atoms with E-state index in [9.17, 15) is 18.0 Å². The fourth-order valence-electron chi connectivity index (χ4n) is 2.18. The van der Waals surface area contributed by atoms with Crippen LogP contribution in [0.25, 0.3) is 0 Å². The van der Waals surface area contributed by atoms with Crippen molar-refractivity contribution in [2.75, 3.05) is 4.72 Å². The number of nitrogens with two attached hydrogens (primary N) is 1. The molecule has 24 heavy (non-hydrogen) atoms. The Morgan fingerprint density at radius 3 is 2.33 bits per heavy atom. The van der Waals surface area contributed by atoms with Crippen LogP contribution >= 0.6 is 0 Å². The van der Waals surface area contributed by atoms with E-state index in [1.807, 2.05) is 0 Å². The van der Waals surface area contributed by atoms with E-state index in [4.69, 9.17) is 10.8 Å². The van der Waals surface area contributed by atoms with Crippen LogP contribution < -0.4 is 10.5 Å². The molecule has 0 aromatic heterocycles. The van der Waals surface area contributed by atoms with Gasteiger partial charge in [-0.25, -0.2) is 13.2 Å². The number of nitrogens with one attached hydrogen (secondary N) is 1. The minimum absolute atomic E-state index is 0.121. The van der Waals surface area contributed by atoms with Crippen molar-refractivity contribution in [2.24, 2.45) is 5.73 Å². The summed E-state index contributed by atoms with van der Waals surface area (Å²) in [5, 5.41) is 9.11. The Morgan fingerprint density at radius 2 is 1.75 bits per heavy atom. The Balaban J connectivity index is 2.50. The average molecular weight is 348 g/mol. The summed E-state index contributed by atoms with van der Waals surface area (Å²) in [6.45, 7) is 3.23. The maximum absolute atomic E-state index is 12.6. The molecule has 8 heteroatoms. The highest BCUT2D eigenvalue weighted by atomic mass is 32.2. The molecule has 4 N–H and O–H groups in total. The molecule has 0 aliphatic heterocycles. The third-order valence-electron chi connectivity index (χ3n) is 3.56. The normalized spacial score (nSPS) is 11.1. The third-order valence-corrected chi connectivity index (χ3v) is 5.06. The molecule has 2 aromatic carbocycles. The van der Waals surface area contributed by atoms with Gasteiger partial charge in [-0.15, -0.1) is 0 Å². The number of aryl methyl sites for hydroxylation is 1. The number of carbonyl (C=O) groups excluding carboxylic acids is 1. The molecule has 0 saturated carbocycles. The molecule has 126 valence electrons. The summed E-state index contributed by atoms with van der Waals surface area (Å²) in [5.41, 5.74) is 6.35. The maximum Gasteiger partial charge on any atom is 0.335 e. The number of hydrogen-bond donors (Lipinski definition) is 3. The van der Waals surface area contributed by atoms with Gasteiger partial charge >= 0.3 is 5.97 Å². The SMILES string of the molecule is Cc1cc(C(=O)O)cc(S(=O)(=O)Nc2cccc(C(N)=O)c2)c1C. The zero-order chi connectivity index (χ0) is 18.1. The summed E-state index contributed by atoms with van der Waals surface area (Å²) < 4.78 is 27.6. The first-order valence-corrected chi connectivity index (χ1v) is 8.37. The lowest BCUT2D eigenvalue weighted by Gasteiger charge is -2.13. The van der Waals surface area contributed by atoms with Gasteiger partial charge in [0.1, 0.15) is 0 Å². The lowest BCUT2D eigenvalue weighted by molar-refractivity contribution is 0.0696. The van der Waals surface area contributed by atoms with E-state index < -0.39 is 21.9 Å².